The average molecular weight is 489 g/mol. The minimum Gasteiger partial charge on any atom is -0.484 e. The highest BCUT2D eigenvalue weighted by atomic mass is 79.9. The molecule has 0 radical (unpaired) electrons. The summed E-state index contributed by atoms with van der Waals surface area (Å²) in [5, 5.41) is 2.75. The van der Waals surface area contributed by atoms with E-state index in [0.29, 0.717) is 17.1 Å². The lowest BCUT2D eigenvalue weighted by Crippen LogP contribution is -2.30. The molecule has 3 rings (SSSR count). The van der Waals surface area contributed by atoms with Crippen LogP contribution in [0.5, 0.6) is 5.75 Å². The first-order valence-electron chi connectivity index (χ1n) is 9.26. The monoisotopic (exact) mass is 488 g/mol. The Morgan fingerprint density at radius 1 is 1.00 bits per heavy atom. The van der Waals surface area contributed by atoms with Crippen LogP contribution in [0.25, 0.3) is 0 Å². The maximum absolute atomic E-state index is 12.9. The number of carbonyl (C=O) groups is 1. The van der Waals surface area contributed by atoms with Crippen LogP contribution in [0.2, 0.25) is 0 Å². The van der Waals surface area contributed by atoms with E-state index in [9.17, 15) is 13.2 Å². The van der Waals surface area contributed by atoms with Crippen molar-refractivity contribution in [3.05, 3.63) is 83.3 Å². The fourth-order valence-electron chi connectivity index (χ4n) is 2.83. The number of hydrogen-bond donors (Lipinski definition) is 1. The van der Waals surface area contributed by atoms with E-state index in [2.05, 4.69) is 21.2 Å². The molecule has 8 heteroatoms. The summed E-state index contributed by atoms with van der Waals surface area (Å²) in [5.41, 5.74) is 1.19. The number of nitrogens with zero attached hydrogens (tertiary/aromatic N) is 1. The van der Waals surface area contributed by atoms with Gasteiger partial charge in [-0.3, -0.25) is 9.10 Å². The maximum Gasteiger partial charge on any atom is 0.264 e. The lowest BCUT2D eigenvalue weighted by atomic mass is 10.3. The Hall–Kier alpha value is -2.84. The summed E-state index contributed by atoms with van der Waals surface area (Å²) in [6.45, 7) is 1.90. The number of anilines is 2. The summed E-state index contributed by atoms with van der Waals surface area (Å²) in [7, 11) is -3.66. The molecule has 3 aromatic rings. The van der Waals surface area contributed by atoms with Crippen molar-refractivity contribution in [2.45, 2.75) is 11.8 Å². The summed E-state index contributed by atoms with van der Waals surface area (Å²) in [6.07, 6.45) is 0. The van der Waals surface area contributed by atoms with E-state index in [1.54, 1.807) is 73.7 Å². The Kier molecular flexibility index (Phi) is 7.12. The van der Waals surface area contributed by atoms with Crippen molar-refractivity contribution in [1.29, 1.82) is 0 Å². The highest BCUT2D eigenvalue weighted by Crippen LogP contribution is 2.25. The molecular weight excluding hydrogens is 468 g/mol. The minimum atomic E-state index is -3.66. The van der Waals surface area contributed by atoms with Gasteiger partial charge in [-0.1, -0.05) is 40.2 Å². The molecule has 0 aliphatic rings. The fourth-order valence-corrected chi connectivity index (χ4v) is 4.73. The van der Waals surface area contributed by atoms with Crippen LogP contribution in [0.3, 0.4) is 0 Å². The molecule has 0 aliphatic heterocycles. The van der Waals surface area contributed by atoms with Gasteiger partial charge in [-0.15, -0.1) is 0 Å². The van der Waals surface area contributed by atoms with Crippen LogP contribution in [0, 0.1) is 0 Å². The van der Waals surface area contributed by atoms with Crippen molar-refractivity contribution in [3.8, 4) is 5.75 Å². The zero-order chi connectivity index (χ0) is 21.6. The largest absolute Gasteiger partial charge is 0.484 e. The molecule has 0 spiro atoms. The number of carbonyl (C=O) groups excluding carboxylic acids is 1. The molecule has 0 bridgehead atoms. The predicted molar refractivity (Wildman–Crippen MR) is 121 cm³/mol. The molecule has 0 saturated heterocycles. The van der Waals surface area contributed by atoms with Crippen LogP contribution in [-0.4, -0.2) is 27.5 Å². The molecule has 3 aromatic carbocycles. The zero-order valence-corrected chi connectivity index (χ0v) is 18.7. The Morgan fingerprint density at radius 2 is 1.70 bits per heavy atom. The number of sulfonamides is 1. The Labute approximate surface area is 184 Å². The standard InChI is InChI=1S/C22H21BrN2O4S/c1-2-25(30(27,28)21-9-4-3-5-10-21)19-11-13-20(14-12-19)29-16-22(26)24-18-8-6-7-17(23)15-18/h3-15H,2,16H2,1H3,(H,24,26). The van der Waals surface area contributed by atoms with E-state index in [0.717, 1.165) is 4.47 Å². The van der Waals surface area contributed by atoms with Gasteiger partial charge in [0.2, 0.25) is 0 Å². The van der Waals surface area contributed by atoms with Gasteiger partial charge in [-0.25, -0.2) is 8.42 Å². The van der Waals surface area contributed by atoms with Gasteiger partial charge in [0.25, 0.3) is 15.9 Å². The van der Waals surface area contributed by atoms with Crippen molar-refractivity contribution >= 4 is 43.2 Å². The summed E-state index contributed by atoms with van der Waals surface area (Å²) >= 11 is 3.35. The van der Waals surface area contributed by atoms with E-state index in [-0.39, 0.29) is 24.0 Å². The van der Waals surface area contributed by atoms with E-state index in [1.165, 1.54) is 4.31 Å². The second-order valence-corrected chi connectivity index (χ2v) is 9.10. The number of ether oxygens (including phenoxy) is 1. The van der Waals surface area contributed by atoms with E-state index >= 15 is 0 Å². The lowest BCUT2D eigenvalue weighted by Gasteiger charge is -2.23. The molecule has 156 valence electrons. The van der Waals surface area contributed by atoms with Crippen LogP contribution < -0.4 is 14.4 Å². The van der Waals surface area contributed by atoms with Gasteiger partial charge in [-0.2, -0.15) is 0 Å². The third-order valence-corrected chi connectivity index (χ3v) is 6.63. The molecule has 1 amide bonds. The van der Waals surface area contributed by atoms with Crippen LogP contribution in [0.1, 0.15) is 6.92 Å². The van der Waals surface area contributed by atoms with Crippen LogP contribution in [-0.2, 0) is 14.8 Å². The molecule has 0 saturated carbocycles. The minimum absolute atomic E-state index is 0.161. The number of amides is 1. The first-order valence-corrected chi connectivity index (χ1v) is 11.5. The molecular formula is C22H21BrN2O4S. The van der Waals surface area contributed by atoms with Crippen molar-refractivity contribution in [2.24, 2.45) is 0 Å². The molecule has 0 atom stereocenters. The van der Waals surface area contributed by atoms with Crippen LogP contribution in [0.4, 0.5) is 11.4 Å². The second kappa shape index (κ2) is 9.77. The van der Waals surface area contributed by atoms with Gasteiger partial charge in [0.1, 0.15) is 5.75 Å². The Bertz CT molecular complexity index is 1100. The highest BCUT2D eigenvalue weighted by Gasteiger charge is 2.23. The van der Waals surface area contributed by atoms with Gasteiger partial charge >= 0.3 is 0 Å². The molecule has 1 N–H and O–H groups in total. The van der Waals surface area contributed by atoms with Gasteiger partial charge in [-0.05, 0) is 61.5 Å². The van der Waals surface area contributed by atoms with Gasteiger partial charge < -0.3 is 10.1 Å². The lowest BCUT2D eigenvalue weighted by molar-refractivity contribution is -0.118. The fraction of sp³-hybridized carbons (Fsp3) is 0.136. The van der Waals surface area contributed by atoms with Gasteiger partial charge in [0, 0.05) is 16.7 Å². The molecule has 6 nitrogen and oxygen atoms in total. The molecule has 0 aromatic heterocycles. The summed E-state index contributed by atoms with van der Waals surface area (Å²) in [5.74, 6) is 0.176. The highest BCUT2D eigenvalue weighted by molar-refractivity contribution is 9.10. The van der Waals surface area contributed by atoms with E-state index < -0.39 is 10.0 Å². The summed E-state index contributed by atoms with van der Waals surface area (Å²) in [6, 6.07) is 22.2. The number of halogens is 1. The molecule has 0 aliphatic carbocycles. The molecule has 0 fully saturated rings. The van der Waals surface area contributed by atoms with Gasteiger partial charge in [0.15, 0.2) is 6.61 Å². The predicted octanol–water partition coefficient (Wildman–Crippen LogP) is 4.68. The molecule has 0 unspecified atom stereocenters. The number of benzene rings is 3. The smallest absolute Gasteiger partial charge is 0.264 e. The Balaban J connectivity index is 1.64. The third-order valence-electron chi connectivity index (χ3n) is 4.22. The van der Waals surface area contributed by atoms with Crippen LogP contribution >= 0.6 is 15.9 Å². The SMILES string of the molecule is CCN(c1ccc(OCC(=O)Nc2cccc(Br)c2)cc1)S(=O)(=O)c1ccccc1. The summed E-state index contributed by atoms with van der Waals surface area (Å²) < 4.78 is 33.5. The third kappa shape index (κ3) is 5.40. The van der Waals surface area contributed by atoms with Crippen LogP contribution in [0.15, 0.2) is 88.2 Å². The summed E-state index contributed by atoms with van der Waals surface area (Å²) in [4.78, 5) is 12.3. The second-order valence-electron chi connectivity index (χ2n) is 6.32. The van der Waals surface area contributed by atoms with E-state index in [1.807, 2.05) is 12.1 Å². The van der Waals surface area contributed by atoms with Crippen molar-refractivity contribution in [1.82, 2.24) is 0 Å². The van der Waals surface area contributed by atoms with Gasteiger partial charge in [0.05, 0.1) is 10.6 Å². The average Bonchev–Trinajstić information content (AvgIpc) is 2.74. The van der Waals surface area contributed by atoms with E-state index in [4.69, 9.17) is 4.74 Å². The quantitative estimate of drug-likeness (QED) is 0.499. The van der Waals surface area contributed by atoms with Crippen molar-refractivity contribution < 1.29 is 17.9 Å². The zero-order valence-electron chi connectivity index (χ0n) is 16.3. The maximum atomic E-state index is 12.9. The normalized spacial score (nSPS) is 11.0. The topological polar surface area (TPSA) is 75.7 Å². The number of rotatable bonds is 8. The Morgan fingerprint density at radius 3 is 2.33 bits per heavy atom. The number of hydrogen-bond acceptors (Lipinski definition) is 4. The first kappa shape index (κ1) is 21.9. The number of nitrogens with one attached hydrogen (secondary N) is 1. The molecule has 0 heterocycles. The molecule has 30 heavy (non-hydrogen) atoms. The first-order chi connectivity index (χ1) is 14.4. The van der Waals surface area contributed by atoms with Crippen molar-refractivity contribution in [2.75, 3.05) is 22.8 Å². The van der Waals surface area contributed by atoms with Crippen molar-refractivity contribution in [3.63, 3.8) is 0 Å².